The van der Waals surface area contributed by atoms with E-state index in [-0.39, 0.29) is 5.91 Å². The van der Waals surface area contributed by atoms with Crippen LogP contribution in [0.4, 0.5) is 0 Å². The SMILES string of the molecule is Cc1noc2nc(C3CC3)cc(C(=O)NCCN3CCCCC3)c12. The number of hydrogen-bond acceptors (Lipinski definition) is 5. The van der Waals surface area contributed by atoms with Crippen molar-refractivity contribution in [3.05, 3.63) is 23.0 Å². The molecule has 3 heterocycles. The highest BCUT2D eigenvalue weighted by Crippen LogP contribution is 2.40. The van der Waals surface area contributed by atoms with E-state index in [0.717, 1.165) is 49.2 Å². The van der Waals surface area contributed by atoms with Gasteiger partial charge in [0, 0.05) is 24.7 Å². The lowest BCUT2D eigenvalue weighted by atomic mass is 10.1. The van der Waals surface area contributed by atoms with E-state index >= 15 is 0 Å². The number of carbonyl (C=O) groups is 1. The van der Waals surface area contributed by atoms with Crippen molar-refractivity contribution in [2.75, 3.05) is 26.2 Å². The molecule has 0 bridgehead atoms. The number of rotatable bonds is 5. The fourth-order valence-electron chi connectivity index (χ4n) is 3.49. The Balaban J connectivity index is 1.49. The van der Waals surface area contributed by atoms with Gasteiger partial charge in [-0.25, -0.2) is 4.98 Å². The van der Waals surface area contributed by atoms with Gasteiger partial charge in [0.15, 0.2) is 0 Å². The summed E-state index contributed by atoms with van der Waals surface area (Å²) in [7, 11) is 0. The highest BCUT2D eigenvalue weighted by atomic mass is 16.5. The first-order chi connectivity index (χ1) is 11.7. The quantitative estimate of drug-likeness (QED) is 0.913. The van der Waals surface area contributed by atoms with Crippen molar-refractivity contribution in [1.29, 1.82) is 0 Å². The van der Waals surface area contributed by atoms with Crippen LogP contribution < -0.4 is 5.32 Å². The largest absolute Gasteiger partial charge is 0.351 e. The zero-order chi connectivity index (χ0) is 16.5. The summed E-state index contributed by atoms with van der Waals surface area (Å²) in [5.41, 5.74) is 2.82. The average molecular weight is 328 g/mol. The second-order valence-electron chi connectivity index (χ2n) is 6.98. The van der Waals surface area contributed by atoms with Gasteiger partial charge in [-0.2, -0.15) is 0 Å². The molecule has 1 aliphatic heterocycles. The Hall–Kier alpha value is -1.95. The van der Waals surface area contributed by atoms with Gasteiger partial charge in [-0.05, 0) is 51.8 Å². The van der Waals surface area contributed by atoms with E-state index in [1.165, 1.54) is 19.3 Å². The molecule has 4 rings (SSSR count). The number of hydrogen-bond donors (Lipinski definition) is 1. The molecular weight excluding hydrogens is 304 g/mol. The van der Waals surface area contributed by atoms with Crippen molar-refractivity contribution in [2.45, 2.75) is 44.9 Å². The summed E-state index contributed by atoms with van der Waals surface area (Å²) in [6.07, 6.45) is 6.14. The van der Waals surface area contributed by atoms with Crippen LogP contribution in [0.3, 0.4) is 0 Å². The number of aryl methyl sites for hydroxylation is 1. The molecule has 1 saturated heterocycles. The Labute approximate surface area is 141 Å². The number of carbonyl (C=O) groups excluding carboxylic acids is 1. The van der Waals surface area contributed by atoms with E-state index in [1.807, 2.05) is 13.0 Å². The normalized spacial score (nSPS) is 18.9. The van der Waals surface area contributed by atoms with Gasteiger partial charge in [-0.3, -0.25) is 4.79 Å². The molecule has 6 nitrogen and oxygen atoms in total. The van der Waals surface area contributed by atoms with Gasteiger partial charge in [0.1, 0.15) is 0 Å². The third kappa shape index (κ3) is 3.15. The molecule has 0 atom stereocenters. The fraction of sp³-hybridized carbons (Fsp3) is 0.611. The van der Waals surface area contributed by atoms with Crippen molar-refractivity contribution in [3.8, 4) is 0 Å². The monoisotopic (exact) mass is 328 g/mol. The summed E-state index contributed by atoms with van der Waals surface area (Å²) in [6.45, 7) is 5.73. The number of nitrogens with zero attached hydrogens (tertiary/aromatic N) is 3. The molecule has 2 aromatic rings. The maximum absolute atomic E-state index is 12.7. The number of aromatic nitrogens is 2. The van der Waals surface area contributed by atoms with Crippen LogP contribution in [0.15, 0.2) is 10.6 Å². The first kappa shape index (κ1) is 15.6. The second kappa shape index (κ2) is 6.51. The molecule has 0 radical (unpaired) electrons. The van der Waals surface area contributed by atoms with E-state index in [9.17, 15) is 4.79 Å². The summed E-state index contributed by atoms with van der Waals surface area (Å²) >= 11 is 0. The molecule has 1 saturated carbocycles. The standard InChI is InChI=1S/C18H24N4O2/c1-12-16-14(11-15(13-5-6-13)20-18(16)24-21-12)17(23)19-7-10-22-8-3-2-4-9-22/h11,13H,2-10H2,1H3,(H,19,23). The number of amides is 1. The molecule has 1 aliphatic carbocycles. The minimum absolute atomic E-state index is 0.0485. The van der Waals surface area contributed by atoms with Gasteiger partial charge in [0.2, 0.25) is 0 Å². The smallest absolute Gasteiger partial charge is 0.259 e. The van der Waals surface area contributed by atoms with E-state index in [4.69, 9.17) is 4.52 Å². The molecular formula is C18H24N4O2. The molecule has 1 N–H and O–H groups in total. The van der Waals surface area contributed by atoms with Crippen LogP contribution in [-0.2, 0) is 0 Å². The Morgan fingerprint density at radius 3 is 2.88 bits per heavy atom. The molecule has 0 aromatic carbocycles. The van der Waals surface area contributed by atoms with Crippen LogP contribution in [0.5, 0.6) is 0 Å². The molecule has 2 aliphatic rings. The topological polar surface area (TPSA) is 71.3 Å². The minimum atomic E-state index is -0.0485. The molecule has 1 amide bonds. The van der Waals surface area contributed by atoms with Crippen molar-refractivity contribution < 1.29 is 9.32 Å². The van der Waals surface area contributed by atoms with Crippen LogP contribution >= 0.6 is 0 Å². The number of likely N-dealkylation sites (tertiary alicyclic amines) is 1. The highest BCUT2D eigenvalue weighted by molar-refractivity contribution is 6.06. The average Bonchev–Trinajstić information content (AvgIpc) is 3.39. The number of piperidine rings is 1. The zero-order valence-corrected chi connectivity index (χ0v) is 14.2. The van der Waals surface area contributed by atoms with Gasteiger partial charge < -0.3 is 14.7 Å². The molecule has 128 valence electrons. The number of pyridine rings is 1. The van der Waals surface area contributed by atoms with Crippen molar-refractivity contribution in [3.63, 3.8) is 0 Å². The van der Waals surface area contributed by atoms with Gasteiger partial charge in [-0.1, -0.05) is 11.6 Å². The predicted molar refractivity (Wildman–Crippen MR) is 91.1 cm³/mol. The zero-order valence-electron chi connectivity index (χ0n) is 14.2. The Bertz CT molecular complexity index is 745. The molecule has 2 fully saturated rings. The summed E-state index contributed by atoms with van der Waals surface area (Å²) in [4.78, 5) is 19.7. The van der Waals surface area contributed by atoms with E-state index in [2.05, 4.69) is 20.4 Å². The molecule has 24 heavy (non-hydrogen) atoms. The van der Waals surface area contributed by atoms with Crippen molar-refractivity contribution >= 4 is 17.0 Å². The fourth-order valence-corrected chi connectivity index (χ4v) is 3.49. The van der Waals surface area contributed by atoms with Crippen molar-refractivity contribution in [2.24, 2.45) is 0 Å². The first-order valence-corrected chi connectivity index (χ1v) is 9.00. The maximum atomic E-state index is 12.7. The van der Waals surface area contributed by atoms with E-state index < -0.39 is 0 Å². The van der Waals surface area contributed by atoms with Crippen LogP contribution in [0.25, 0.3) is 11.1 Å². The Morgan fingerprint density at radius 1 is 1.33 bits per heavy atom. The number of nitrogens with one attached hydrogen (secondary N) is 1. The summed E-state index contributed by atoms with van der Waals surface area (Å²) in [5.74, 6) is 0.423. The molecule has 0 spiro atoms. The van der Waals surface area contributed by atoms with Crippen LogP contribution in [0, 0.1) is 6.92 Å². The lowest BCUT2D eigenvalue weighted by Gasteiger charge is -2.26. The maximum Gasteiger partial charge on any atom is 0.259 e. The van der Waals surface area contributed by atoms with E-state index in [0.29, 0.717) is 23.7 Å². The third-order valence-electron chi connectivity index (χ3n) is 5.04. The summed E-state index contributed by atoms with van der Waals surface area (Å²) < 4.78 is 5.31. The molecule has 0 unspecified atom stereocenters. The predicted octanol–water partition coefficient (Wildman–Crippen LogP) is 2.62. The van der Waals surface area contributed by atoms with Crippen LogP contribution in [-0.4, -0.2) is 47.1 Å². The third-order valence-corrected chi connectivity index (χ3v) is 5.04. The Morgan fingerprint density at radius 2 is 2.12 bits per heavy atom. The summed E-state index contributed by atoms with van der Waals surface area (Å²) in [6, 6.07) is 1.93. The first-order valence-electron chi connectivity index (χ1n) is 9.00. The van der Waals surface area contributed by atoms with Crippen LogP contribution in [0.1, 0.15) is 59.8 Å². The lowest BCUT2D eigenvalue weighted by Crippen LogP contribution is -2.37. The molecule has 6 heteroatoms. The highest BCUT2D eigenvalue weighted by Gasteiger charge is 2.28. The van der Waals surface area contributed by atoms with Crippen LogP contribution in [0.2, 0.25) is 0 Å². The molecule has 2 aromatic heterocycles. The van der Waals surface area contributed by atoms with E-state index in [1.54, 1.807) is 0 Å². The van der Waals surface area contributed by atoms with Gasteiger partial charge in [-0.15, -0.1) is 0 Å². The van der Waals surface area contributed by atoms with Gasteiger partial charge in [0.05, 0.1) is 16.6 Å². The number of fused-ring (bicyclic) bond motifs is 1. The lowest BCUT2D eigenvalue weighted by molar-refractivity contribution is 0.0948. The van der Waals surface area contributed by atoms with Gasteiger partial charge >= 0.3 is 0 Å². The minimum Gasteiger partial charge on any atom is -0.351 e. The Kier molecular flexibility index (Phi) is 4.22. The summed E-state index contributed by atoms with van der Waals surface area (Å²) in [5, 5.41) is 7.80. The second-order valence-corrected chi connectivity index (χ2v) is 6.98. The van der Waals surface area contributed by atoms with Crippen molar-refractivity contribution in [1.82, 2.24) is 20.4 Å². The van der Waals surface area contributed by atoms with Gasteiger partial charge in [0.25, 0.3) is 11.6 Å².